The number of rotatable bonds is 5. The van der Waals surface area contributed by atoms with E-state index < -0.39 is 0 Å². The van der Waals surface area contributed by atoms with Crippen molar-refractivity contribution < 1.29 is 4.84 Å². The van der Waals surface area contributed by atoms with Crippen molar-refractivity contribution in [2.75, 3.05) is 6.61 Å². The number of nitrogens with zero attached hydrogens (tertiary/aromatic N) is 1. The molecule has 0 saturated heterocycles. The van der Waals surface area contributed by atoms with Crippen LogP contribution in [0.2, 0.25) is 0 Å². The molecule has 0 amide bonds. The molecule has 0 saturated carbocycles. The highest BCUT2D eigenvalue weighted by molar-refractivity contribution is 5.81. The molecule has 0 fully saturated rings. The van der Waals surface area contributed by atoms with Gasteiger partial charge in [-0.05, 0) is 19.8 Å². The molecule has 2 nitrogen and oxygen atoms in total. The summed E-state index contributed by atoms with van der Waals surface area (Å²) in [6, 6.07) is 0. The fourth-order valence-electron chi connectivity index (χ4n) is 0.655. The van der Waals surface area contributed by atoms with E-state index in [4.69, 9.17) is 4.84 Å². The maximum atomic E-state index is 4.99. The van der Waals surface area contributed by atoms with Crippen LogP contribution in [0.4, 0.5) is 0 Å². The molecule has 0 aliphatic heterocycles. The Hall–Kier alpha value is -0.530. The van der Waals surface area contributed by atoms with E-state index in [1.165, 1.54) is 0 Å². The second-order valence-electron chi connectivity index (χ2n) is 2.41. The minimum atomic E-state index is 0.737. The third-order valence-corrected chi connectivity index (χ3v) is 1.13. The quantitative estimate of drug-likeness (QED) is 0.329. The molecule has 0 radical (unpaired) electrons. The van der Waals surface area contributed by atoms with Crippen LogP contribution in [0.15, 0.2) is 5.16 Å². The van der Waals surface area contributed by atoms with Crippen LogP contribution in [-0.4, -0.2) is 12.3 Å². The molecule has 0 atom stereocenters. The maximum Gasteiger partial charge on any atom is 0.116 e. The van der Waals surface area contributed by atoms with Crippen molar-refractivity contribution in [2.24, 2.45) is 5.16 Å². The van der Waals surface area contributed by atoms with E-state index in [9.17, 15) is 0 Å². The lowest BCUT2D eigenvalue weighted by molar-refractivity contribution is 0.144. The lowest BCUT2D eigenvalue weighted by atomic mass is 10.2. The second-order valence-corrected chi connectivity index (χ2v) is 2.41. The first kappa shape index (κ1) is 9.47. The molecule has 0 unspecified atom stereocenters. The first-order valence-corrected chi connectivity index (χ1v) is 3.96. The summed E-state index contributed by atoms with van der Waals surface area (Å²) in [6.45, 7) is 6.95. The van der Waals surface area contributed by atoms with Gasteiger partial charge in [0.15, 0.2) is 0 Å². The van der Waals surface area contributed by atoms with Gasteiger partial charge >= 0.3 is 0 Å². The van der Waals surface area contributed by atoms with Gasteiger partial charge in [-0.25, -0.2) is 0 Å². The first-order chi connectivity index (χ1) is 4.81. The van der Waals surface area contributed by atoms with Gasteiger partial charge in [-0.2, -0.15) is 0 Å². The second kappa shape index (κ2) is 6.59. The van der Waals surface area contributed by atoms with E-state index in [2.05, 4.69) is 19.0 Å². The predicted molar refractivity (Wildman–Crippen MR) is 44.3 cm³/mol. The Balaban J connectivity index is 3.28. The SMILES string of the molecule is CCCO/N=C(/C)CCC. The molecule has 0 aliphatic carbocycles. The largest absolute Gasteiger partial charge is 0.396 e. The summed E-state index contributed by atoms with van der Waals surface area (Å²) in [5, 5.41) is 3.92. The van der Waals surface area contributed by atoms with Crippen LogP contribution in [0.1, 0.15) is 40.0 Å². The molecule has 0 spiro atoms. The molecule has 0 rings (SSSR count). The van der Waals surface area contributed by atoms with Crippen molar-refractivity contribution in [1.29, 1.82) is 0 Å². The Bertz CT molecular complexity index is 99.4. The van der Waals surface area contributed by atoms with E-state index in [0.717, 1.165) is 31.6 Å². The lowest BCUT2D eigenvalue weighted by Gasteiger charge is -1.97. The lowest BCUT2D eigenvalue weighted by Crippen LogP contribution is -1.93. The van der Waals surface area contributed by atoms with Crippen LogP contribution < -0.4 is 0 Å². The Labute approximate surface area is 63.3 Å². The van der Waals surface area contributed by atoms with E-state index in [-0.39, 0.29) is 0 Å². The standard InChI is InChI=1S/C8H17NO/c1-4-6-8(3)9-10-7-5-2/h4-7H2,1-3H3/b9-8-. The van der Waals surface area contributed by atoms with Gasteiger partial charge in [0.1, 0.15) is 6.61 Å². The van der Waals surface area contributed by atoms with Gasteiger partial charge in [0, 0.05) is 0 Å². The molecule has 0 aromatic carbocycles. The molecule has 0 aromatic rings. The Kier molecular flexibility index (Phi) is 6.24. The number of hydrogen-bond acceptors (Lipinski definition) is 2. The third-order valence-electron chi connectivity index (χ3n) is 1.13. The van der Waals surface area contributed by atoms with Gasteiger partial charge in [-0.3, -0.25) is 0 Å². The first-order valence-electron chi connectivity index (χ1n) is 3.96. The van der Waals surface area contributed by atoms with Crippen molar-refractivity contribution in [3.05, 3.63) is 0 Å². The van der Waals surface area contributed by atoms with Crippen LogP contribution >= 0.6 is 0 Å². The topological polar surface area (TPSA) is 21.6 Å². The summed E-state index contributed by atoms with van der Waals surface area (Å²) < 4.78 is 0. The van der Waals surface area contributed by atoms with Crippen molar-refractivity contribution in [2.45, 2.75) is 40.0 Å². The monoisotopic (exact) mass is 143 g/mol. The minimum absolute atomic E-state index is 0.737. The smallest absolute Gasteiger partial charge is 0.116 e. The summed E-state index contributed by atoms with van der Waals surface area (Å²) in [5.74, 6) is 0. The van der Waals surface area contributed by atoms with Crippen molar-refractivity contribution in [3.63, 3.8) is 0 Å². The number of oxime groups is 1. The predicted octanol–water partition coefficient (Wildman–Crippen LogP) is 2.59. The van der Waals surface area contributed by atoms with Crippen molar-refractivity contribution in [3.8, 4) is 0 Å². The molecular weight excluding hydrogens is 126 g/mol. The van der Waals surface area contributed by atoms with E-state index >= 15 is 0 Å². The summed E-state index contributed by atoms with van der Waals surface area (Å²) in [6.07, 6.45) is 3.22. The third kappa shape index (κ3) is 5.60. The average molecular weight is 143 g/mol. The van der Waals surface area contributed by atoms with Gasteiger partial charge in [0.25, 0.3) is 0 Å². The highest BCUT2D eigenvalue weighted by Crippen LogP contribution is 1.92. The van der Waals surface area contributed by atoms with Crippen molar-refractivity contribution in [1.82, 2.24) is 0 Å². The van der Waals surface area contributed by atoms with Gasteiger partial charge in [0.05, 0.1) is 5.71 Å². The van der Waals surface area contributed by atoms with Crippen molar-refractivity contribution >= 4 is 5.71 Å². The van der Waals surface area contributed by atoms with E-state index in [1.807, 2.05) is 6.92 Å². The zero-order valence-corrected chi connectivity index (χ0v) is 7.18. The van der Waals surface area contributed by atoms with Crippen LogP contribution in [0, 0.1) is 0 Å². The molecule has 2 heteroatoms. The van der Waals surface area contributed by atoms with Gasteiger partial charge < -0.3 is 4.84 Å². The summed E-state index contributed by atoms with van der Waals surface area (Å²) >= 11 is 0. The van der Waals surface area contributed by atoms with Gasteiger partial charge in [-0.1, -0.05) is 25.4 Å². The van der Waals surface area contributed by atoms with Gasteiger partial charge in [0.2, 0.25) is 0 Å². The maximum absolute atomic E-state index is 4.99. The number of hydrogen-bond donors (Lipinski definition) is 0. The van der Waals surface area contributed by atoms with Crippen LogP contribution in [0.3, 0.4) is 0 Å². The Morgan fingerprint density at radius 2 is 2.00 bits per heavy atom. The van der Waals surface area contributed by atoms with Gasteiger partial charge in [-0.15, -0.1) is 0 Å². The summed E-state index contributed by atoms with van der Waals surface area (Å²) in [7, 11) is 0. The zero-order chi connectivity index (χ0) is 7.82. The zero-order valence-electron chi connectivity index (χ0n) is 7.18. The van der Waals surface area contributed by atoms with E-state index in [0.29, 0.717) is 0 Å². The molecular formula is C8H17NO. The van der Waals surface area contributed by atoms with Crippen LogP contribution in [0.25, 0.3) is 0 Å². The van der Waals surface area contributed by atoms with Crippen LogP contribution in [0.5, 0.6) is 0 Å². The molecule has 0 heterocycles. The minimum Gasteiger partial charge on any atom is -0.396 e. The van der Waals surface area contributed by atoms with Crippen LogP contribution in [-0.2, 0) is 4.84 Å². The highest BCUT2D eigenvalue weighted by atomic mass is 16.6. The fourth-order valence-corrected chi connectivity index (χ4v) is 0.655. The highest BCUT2D eigenvalue weighted by Gasteiger charge is 1.87. The Morgan fingerprint density at radius 3 is 2.50 bits per heavy atom. The average Bonchev–Trinajstić information content (AvgIpc) is 1.89. The molecule has 60 valence electrons. The van der Waals surface area contributed by atoms with E-state index in [1.54, 1.807) is 0 Å². The Morgan fingerprint density at radius 1 is 1.30 bits per heavy atom. The summed E-state index contributed by atoms with van der Waals surface area (Å²) in [5.41, 5.74) is 1.09. The normalized spacial score (nSPS) is 11.7. The molecule has 0 aliphatic rings. The fraction of sp³-hybridized carbons (Fsp3) is 0.875. The molecule has 10 heavy (non-hydrogen) atoms. The summed E-state index contributed by atoms with van der Waals surface area (Å²) in [4.78, 5) is 4.99. The molecule has 0 N–H and O–H groups in total. The molecule has 0 aromatic heterocycles. The molecule has 0 bridgehead atoms.